The van der Waals surface area contributed by atoms with Crippen molar-refractivity contribution < 1.29 is 5.11 Å². The summed E-state index contributed by atoms with van der Waals surface area (Å²) < 4.78 is 1.88. The third-order valence-corrected chi connectivity index (χ3v) is 4.57. The van der Waals surface area contributed by atoms with Crippen LogP contribution in [-0.4, -0.2) is 21.3 Å². The lowest BCUT2D eigenvalue weighted by molar-refractivity contribution is 0.298. The van der Waals surface area contributed by atoms with Gasteiger partial charge in [-0.3, -0.25) is 4.79 Å². The number of aliphatic hydroxyl groups excluding tert-OH is 1. The maximum Gasteiger partial charge on any atom is 0.277 e. The van der Waals surface area contributed by atoms with E-state index in [1.165, 1.54) is 0 Å². The molecular formula is C20H20ClN3O2. The van der Waals surface area contributed by atoms with Crippen molar-refractivity contribution in [2.24, 2.45) is 0 Å². The zero-order chi connectivity index (χ0) is 18.5. The van der Waals surface area contributed by atoms with Crippen molar-refractivity contribution in [2.45, 2.75) is 19.9 Å². The molecule has 0 saturated heterocycles. The Labute approximate surface area is 156 Å². The zero-order valence-electron chi connectivity index (χ0n) is 14.4. The highest BCUT2D eigenvalue weighted by atomic mass is 35.5. The second-order valence-electron chi connectivity index (χ2n) is 6.02. The number of aliphatic hydroxyl groups is 1. The van der Waals surface area contributed by atoms with Crippen LogP contribution in [0.3, 0.4) is 0 Å². The molecule has 0 aliphatic heterocycles. The molecule has 3 aromatic rings. The first-order valence-electron chi connectivity index (χ1n) is 8.36. The fraction of sp³-hybridized carbons (Fsp3) is 0.200. The van der Waals surface area contributed by atoms with Crippen LogP contribution in [0.4, 0.5) is 11.6 Å². The standard InChI is InChI=1S/C20H20ClN3O2/c1-14-17(21)8-5-9-18(14)22-20-23-19(26)16(10-11-25)13-24(20)12-15-6-3-2-4-7-15/h2-9,13,25H,10-12H2,1H3,(H,22,23,26). The lowest BCUT2D eigenvalue weighted by atomic mass is 10.2. The van der Waals surface area contributed by atoms with Crippen molar-refractivity contribution in [2.75, 3.05) is 11.9 Å². The van der Waals surface area contributed by atoms with Crippen molar-refractivity contribution in [1.82, 2.24) is 9.55 Å². The minimum atomic E-state index is -0.342. The van der Waals surface area contributed by atoms with Gasteiger partial charge in [-0.25, -0.2) is 0 Å². The summed E-state index contributed by atoms with van der Waals surface area (Å²) in [6, 6.07) is 15.5. The van der Waals surface area contributed by atoms with Crippen LogP contribution in [-0.2, 0) is 13.0 Å². The van der Waals surface area contributed by atoms with Gasteiger partial charge in [0, 0.05) is 35.5 Å². The predicted octanol–water partition coefficient (Wildman–Crippen LogP) is 3.53. The van der Waals surface area contributed by atoms with Gasteiger partial charge >= 0.3 is 0 Å². The molecule has 134 valence electrons. The molecule has 0 fully saturated rings. The molecule has 1 heterocycles. The maximum atomic E-state index is 12.3. The summed E-state index contributed by atoms with van der Waals surface area (Å²) in [6.07, 6.45) is 2.03. The molecule has 3 rings (SSSR count). The van der Waals surface area contributed by atoms with Gasteiger partial charge in [0.1, 0.15) is 0 Å². The second kappa shape index (κ2) is 8.17. The molecule has 0 radical (unpaired) electrons. The monoisotopic (exact) mass is 369 g/mol. The second-order valence-corrected chi connectivity index (χ2v) is 6.43. The van der Waals surface area contributed by atoms with E-state index in [-0.39, 0.29) is 18.6 Å². The molecular weight excluding hydrogens is 350 g/mol. The lowest BCUT2D eigenvalue weighted by Crippen LogP contribution is -2.21. The number of nitrogens with zero attached hydrogens (tertiary/aromatic N) is 2. The summed E-state index contributed by atoms with van der Waals surface area (Å²) in [5.74, 6) is 0.436. The molecule has 0 saturated carbocycles. The third-order valence-electron chi connectivity index (χ3n) is 4.16. The quantitative estimate of drug-likeness (QED) is 0.697. The van der Waals surface area contributed by atoms with E-state index in [9.17, 15) is 9.90 Å². The van der Waals surface area contributed by atoms with E-state index in [0.717, 1.165) is 16.8 Å². The van der Waals surface area contributed by atoms with E-state index in [1.54, 1.807) is 6.20 Å². The molecule has 0 bridgehead atoms. The normalized spacial score (nSPS) is 10.7. The number of aromatic nitrogens is 2. The predicted molar refractivity (Wildman–Crippen MR) is 104 cm³/mol. The number of hydrogen-bond acceptors (Lipinski definition) is 4. The van der Waals surface area contributed by atoms with Gasteiger partial charge in [-0.1, -0.05) is 48.0 Å². The molecule has 0 aliphatic rings. The van der Waals surface area contributed by atoms with Crippen molar-refractivity contribution in [3.8, 4) is 0 Å². The number of hydrogen-bond donors (Lipinski definition) is 2. The zero-order valence-corrected chi connectivity index (χ0v) is 15.2. The van der Waals surface area contributed by atoms with Gasteiger partial charge in [-0.2, -0.15) is 4.98 Å². The smallest absolute Gasteiger partial charge is 0.277 e. The molecule has 0 unspecified atom stereocenters. The van der Waals surface area contributed by atoms with Crippen LogP contribution in [0.5, 0.6) is 0 Å². The van der Waals surface area contributed by atoms with Gasteiger partial charge in [0.05, 0.1) is 6.54 Å². The van der Waals surface area contributed by atoms with Crippen LogP contribution in [0.2, 0.25) is 5.02 Å². The number of anilines is 2. The van der Waals surface area contributed by atoms with Crippen LogP contribution in [0.25, 0.3) is 0 Å². The van der Waals surface area contributed by atoms with Gasteiger partial charge in [0.25, 0.3) is 5.56 Å². The molecule has 0 spiro atoms. The van der Waals surface area contributed by atoms with Crippen LogP contribution in [0.1, 0.15) is 16.7 Å². The van der Waals surface area contributed by atoms with Crippen LogP contribution in [0, 0.1) is 6.92 Å². The molecule has 6 heteroatoms. The fourth-order valence-corrected chi connectivity index (χ4v) is 2.87. The van der Waals surface area contributed by atoms with E-state index in [0.29, 0.717) is 23.1 Å². The van der Waals surface area contributed by atoms with Crippen LogP contribution >= 0.6 is 11.6 Å². The first-order chi connectivity index (χ1) is 12.6. The van der Waals surface area contributed by atoms with E-state index >= 15 is 0 Å². The number of benzene rings is 2. The van der Waals surface area contributed by atoms with Crippen LogP contribution in [0.15, 0.2) is 59.5 Å². The Hall–Kier alpha value is -2.63. The van der Waals surface area contributed by atoms with E-state index < -0.39 is 0 Å². The van der Waals surface area contributed by atoms with Gasteiger partial charge in [-0.05, 0) is 30.2 Å². The minimum absolute atomic E-state index is 0.0948. The van der Waals surface area contributed by atoms with Crippen molar-refractivity contribution in [3.63, 3.8) is 0 Å². The first-order valence-corrected chi connectivity index (χ1v) is 8.73. The van der Waals surface area contributed by atoms with Gasteiger partial charge in [0.2, 0.25) is 5.95 Å². The Balaban J connectivity index is 2.03. The Morgan fingerprint density at radius 1 is 1.15 bits per heavy atom. The Bertz CT molecular complexity index is 955. The lowest BCUT2D eigenvalue weighted by Gasteiger charge is -2.17. The summed E-state index contributed by atoms with van der Waals surface area (Å²) >= 11 is 6.19. The van der Waals surface area contributed by atoms with E-state index in [2.05, 4.69) is 10.3 Å². The number of nitrogens with one attached hydrogen (secondary N) is 1. The van der Waals surface area contributed by atoms with Gasteiger partial charge in [0.15, 0.2) is 0 Å². The molecule has 0 aliphatic carbocycles. The Kier molecular flexibility index (Phi) is 5.71. The molecule has 0 atom stereocenters. The third kappa shape index (κ3) is 4.12. The molecule has 0 amide bonds. The topological polar surface area (TPSA) is 67.2 Å². The van der Waals surface area contributed by atoms with E-state index in [1.807, 2.05) is 60.0 Å². The molecule has 26 heavy (non-hydrogen) atoms. The highest BCUT2D eigenvalue weighted by molar-refractivity contribution is 6.31. The summed E-state index contributed by atoms with van der Waals surface area (Å²) in [4.78, 5) is 16.5. The van der Waals surface area contributed by atoms with Gasteiger partial charge < -0.3 is 15.0 Å². The van der Waals surface area contributed by atoms with E-state index in [4.69, 9.17) is 11.6 Å². The van der Waals surface area contributed by atoms with Crippen molar-refractivity contribution >= 4 is 23.2 Å². The SMILES string of the molecule is Cc1c(Cl)cccc1Nc1nc(=O)c(CCO)cn1Cc1ccccc1. The molecule has 2 aromatic carbocycles. The minimum Gasteiger partial charge on any atom is -0.396 e. The average Bonchev–Trinajstić information content (AvgIpc) is 2.63. The largest absolute Gasteiger partial charge is 0.396 e. The summed E-state index contributed by atoms with van der Waals surface area (Å²) in [5, 5.41) is 13.0. The van der Waals surface area contributed by atoms with Crippen molar-refractivity contribution in [1.29, 1.82) is 0 Å². The summed E-state index contributed by atoms with van der Waals surface area (Å²) in [7, 11) is 0. The molecule has 5 nitrogen and oxygen atoms in total. The molecule has 2 N–H and O–H groups in total. The van der Waals surface area contributed by atoms with Crippen LogP contribution < -0.4 is 10.9 Å². The molecule has 1 aromatic heterocycles. The van der Waals surface area contributed by atoms with Crippen molar-refractivity contribution in [3.05, 3.63) is 86.8 Å². The highest BCUT2D eigenvalue weighted by Crippen LogP contribution is 2.25. The summed E-state index contributed by atoms with van der Waals surface area (Å²) in [6.45, 7) is 2.36. The number of halogens is 1. The van der Waals surface area contributed by atoms with Gasteiger partial charge in [-0.15, -0.1) is 0 Å². The Morgan fingerprint density at radius 3 is 2.65 bits per heavy atom. The number of rotatable bonds is 6. The maximum absolute atomic E-state index is 12.3. The highest BCUT2D eigenvalue weighted by Gasteiger charge is 2.11. The Morgan fingerprint density at radius 2 is 1.92 bits per heavy atom. The fourth-order valence-electron chi connectivity index (χ4n) is 2.69. The first kappa shape index (κ1) is 18.2. The average molecular weight is 370 g/mol. The summed E-state index contributed by atoms with van der Waals surface area (Å²) in [5.41, 5.74) is 2.90.